The molecule has 5 rings (SSSR count). The summed E-state index contributed by atoms with van der Waals surface area (Å²) in [6.07, 6.45) is 0.651. The van der Waals surface area contributed by atoms with Crippen molar-refractivity contribution in [1.29, 1.82) is 0 Å². The van der Waals surface area contributed by atoms with Gasteiger partial charge in [0.05, 0.1) is 25.7 Å². The number of thiazole rings is 1. The Morgan fingerprint density at radius 2 is 1.80 bits per heavy atom. The Kier molecular flexibility index (Phi) is 5.58. The third-order valence-corrected chi connectivity index (χ3v) is 6.84. The van der Waals surface area contributed by atoms with E-state index in [9.17, 15) is 24.5 Å². The number of aromatic nitrogens is 1. The average molecular weight is 487 g/mol. The van der Waals surface area contributed by atoms with Crippen LogP contribution >= 0.6 is 11.3 Å². The van der Waals surface area contributed by atoms with Crippen molar-refractivity contribution < 1.29 is 19.3 Å². The molecular formula is C25H18N4O5S. The third-order valence-electron chi connectivity index (χ3n) is 5.80. The highest BCUT2D eigenvalue weighted by molar-refractivity contribution is 7.18. The lowest BCUT2D eigenvalue weighted by Gasteiger charge is -2.21. The Bertz CT molecular complexity index is 1480. The van der Waals surface area contributed by atoms with Gasteiger partial charge in [0, 0.05) is 18.2 Å². The lowest BCUT2D eigenvalue weighted by molar-refractivity contribution is -0.385. The maximum Gasteiger partial charge on any atom is 0.282 e. The Morgan fingerprint density at radius 3 is 2.51 bits per heavy atom. The number of carbonyl (C=O) groups is 3. The van der Waals surface area contributed by atoms with Crippen LogP contribution in [0, 0.1) is 10.1 Å². The van der Waals surface area contributed by atoms with Crippen LogP contribution in [0.2, 0.25) is 0 Å². The van der Waals surface area contributed by atoms with E-state index in [1.54, 1.807) is 23.5 Å². The summed E-state index contributed by atoms with van der Waals surface area (Å²) in [6, 6.07) is 17.8. The zero-order chi connectivity index (χ0) is 24.7. The number of carbonyl (C=O) groups excluding carboxylic acids is 3. The van der Waals surface area contributed by atoms with E-state index >= 15 is 0 Å². The molecule has 4 aromatic rings. The van der Waals surface area contributed by atoms with Crippen LogP contribution in [0.25, 0.3) is 10.2 Å². The van der Waals surface area contributed by atoms with Gasteiger partial charge in [0.15, 0.2) is 0 Å². The molecule has 1 atom stereocenters. The van der Waals surface area contributed by atoms with Gasteiger partial charge in [0.25, 0.3) is 17.5 Å². The second-order valence-electron chi connectivity index (χ2n) is 8.05. The molecule has 1 unspecified atom stereocenters. The van der Waals surface area contributed by atoms with Crippen LogP contribution in [0.5, 0.6) is 0 Å². The van der Waals surface area contributed by atoms with Crippen molar-refractivity contribution in [2.45, 2.75) is 19.4 Å². The molecule has 0 aliphatic carbocycles. The number of nitro benzene ring substituents is 1. The van der Waals surface area contributed by atoms with E-state index in [0.717, 1.165) is 31.8 Å². The third kappa shape index (κ3) is 4.04. The molecule has 0 bridgehead atoms. The zero-order valence-electron chi connectivity index (χ0n) is 18.4. The van der Waals surface area contributed by atoms with Gasteiger partial charge in [-0.3, -0.25) is 29.4 Å². The van der Waals surface area contributed by atoms with Crippen LogP contribution < -0.4 is 5.32 Å². The van der Waals surface area contributed by atoms with E-state index in [4.69, 9.17) is 0 Å². The standard InChI is InChI=1S/C25H18N4O5S/c1-14(28-24(31)17-5-4-7-19(29(33)34)22(17)25(28)32)23(30)26-16-11-9-15(10-12-16)13-21-27-18-6-2-3-8-20(18)35-21/h2-12,14H,13H2,1H3,(H,26,30). The summed E-state index contributed by atoms with van der Waals surface area (Å²) >= 11 is 1.63. The first-order valence-electron chi connectivity index (χ1n) is 10.7. The number of para-hydroxylation sites is 1. The number of hydrogen-bond acceptors (Lipinski definition) is 7. The number of nitro groups is 1. The first-order valence-corrected chi connectivity index (χ1v) is 11.5. The van der Waals surface area contributed by atoms with Crippen molar-refractivity contribution in [2.24, 2.45) is 0 Å². The molecule has 0 saturated heterocycles. The molecule has 3 amide bonds. The minimum absolute atomic E-state index is 0.0805. The van der Waals surface area contributed by atoms with E-state index in [2.05, 4.69) is 10.3 Å². The Balaban J connectivity index is 1.28. The number of amides is 3. The first kappa shape index (κ1) is 22.4. The molecule has 0 fully saturated rings. The van der Waals surface area contributed by atoms with Crippen LogP contribution in [0.4, 0.5) is 11.4 Å². The van der Waals surface area contributed by atoms with Gasteiger partial charge in [-0.25, -0.2) is 4.98 Å². The molecule has 1 aliphatic heterocycles. The molecule has 9 nitrogen and oxygen atoms in total. The van der Waals surface area contributed by atoms with E-state index < -0.39 is 34.4 Å². The fourth-order valence-electron chi connectivity index (χ4n) is 4.03. The number of rotatable bonds is 6. The van der Waals surface area contributed by atoms with E-state index in [1.165, 1.54) is 19.1 Å². The van der Waals surface area contributed by atoms with Gasteiger partial charge < -0.3 is 5.32 Å². The molecule has 1 aromatic heterocycles. The quantitative estimate of drug-likeness (QED) is 0.245. The fourth-order valence-corrected chi connectivity index (χ4v) is 5.03. The van der Waals surface area contributed by atoms with Crippen molar-refractivity contribution in [3.63, 3.8) is 0 Å². The summed E-state index contributed by atoms with van der Waals surface area (Å²) in [5.41, 5.74) is 1.65. The van der Waals surface area contributed by atoms with Crippen molar-refractivity contribution in [3.05, 3.63) is 98.5 Å². The van der Waals surface area contributed by atoms with Crippen LogP contribution in [0.3, 0.4) is 0 Å². The van der Waals surface area contributed by atoms with Crippen molar-refractivity contribution in [1.82, 2.24) is 9.88 Å². The van der Waals surface area contributed by atoms with E-state index in [1.807, 2.05) is 36.4 Å². The minimum atomic E-state index is -1.16. The van der Waals surface area contributed by atoms with Crippen molar-refractivity contribution >= 4 is 50.6 Å². The number of hydrogen-bond donors (Lipinski definition) is 1. The summed E-state index contributed by atoms with van der Waals surface area (Å²) in [4.78, 5) is 54.4. The van der Waals surface area contributed by atoms with Gasteiger partial charge in [0.2, 0.25) is 5.91 Å². The first-order chi connectivity index (χ1) is 16.8. The summed E-state index contributed by atoms with van der Waals surface area (Å²) in [5.74, 6) is -2.17. The highest BCUT2D eigenvalue weighted by atomic mass is 32.1. The molecular weight excluding hydrogens is 468 g/mol. The highest BCUT2D eigenvalue weighted by Gasteiger charge is 2.44. The normalized spacial score (nSPS) is 13.7. The number of nitrogens with zero attached hydrogens (tertiary/aromatic N) is 3. The maximum atomic E-state index is 12.8. The number of nitrogens with one attached hydrogen (secondary N) is 1. The van der Waals surface area contributed by atoms with Gasteiger partial charge in [0.1, 0.15) is 11.6 Å². The largest absolute Gasteiger partial charge is 0.324 e. The van der Waals surface area contributed by atoms with E-state index in [-0.39, 0.29) is 11.1 Å². The second kappa shape index (κ2) is 8.73. The van der Waals surface area contributed by atoms with Gasteiger partial charge in [-0.2, -0.15) is 0 Å². The molecule has 3 aromatic carbocycles. The highest BCUT2D eigenvalue weighted by Crippen LogP contribution is 2.32. The van der Waals surface area contributed by atoms with Gasteiger partial charge in [-0.05, 0) is 42.8 Å². The maximum absolute atomic E-state index is 12.8. The molecule has 0 saturated carbocycles. The smallest absolute Gasteiger partial charge is 0.282 e. The molecule has 35 heavy (non-hydrogen) atoms. The summed E-state index contributed by atoms with van der Waals surface area (Å²) in [6.45, 7) is 1.41. The van der Waals surface area contributed by atoms with Gasteiger partial charge >= 0.3 is 0 Å². The molecule has 0 spiro atoms. The molecule has 2 heterocycles. The van der Waals surface area contributed by atoms with Gasteiger partial charge in [-0.15, -0.1) is 11.3 Å². The number of fused-ring (bicyclic) bond motifs is 2. The fraction of sp³-hybridized carbons (Fsp3) is 0.120. The van der Waals surface area contributed by atoms with Crippen molar-refractivity contribution in [3.8, 4) is 0 Å². The van der Waals surface area contributed by atoms with Crippen LogP contribution in [0.1, 0.15) is 38.2 Å². The topological polar surface area (TPSA) is 123 Å². The number of anilines is 1. The molecule has 1 aliphatic rings. The second-order valence-corrected chi connectivity index (χ2v) is 9.17. The SMILES string of the molecule is CC(C(=O)Nc1ccc(Cc2nc3ccccc3s2)cc1)N1C(=O)c2cccc([N+](=O)[O-])c2C1=O. The average Bonchev–Trinajstić information content (AvgIpc) is 3.37. The Labute approximate surface area is 203 Å². The van der Waals surface area contributed by atoms with Crippen molar-refractivity contribution in [2.75, 3.05) is 5.32 Å². The summed E-state index contributed by atoms with van der Waals surface area (Å²) < 4.78 is 1.12. The predicted molar refractivity (Wildman–Crippen MR) is 131 cm³/mol. The summed E-state index contributed by atoms with van der Waals surface area (Å²) in [7, 11) is 0. The monoisotopic (exact) mass is 486 g/mol. The lowest BCUT2D eigenvalue weighted by Crippen LogP contribution is -2.45. The van der Waals surface area contributed by atoms with Gasteiger partial charge in [-0.1, -0.05) is 30.3 Å². The van der Waals surface area contributed by atoms with Crippen LogP contribution in [-0.4, -0.2) is 38.6 Å². The minimum Gasteiger partial charge on any atom is -0.324 e. The Hall–Kier alpha value is -4.44. The molecule has 10 heteroatoms. The lowest BCUT2D eigenvalue weighted by atomic mass is 10.1. The molecule has 174 valence electrons. The molecule has 0 radical (unpaired) electrons. The van der Waals surface area contributed by atoms with Crippen LogP contribution in [-0.2, 0) is 11.2 Å². The zero-order valence-corrected chi connectivity index (χ0v) is 19.2. The van der Waals surface area contributed by atoms with E-state index in [0.29, 0.717) is 12.1 Å². The molecule has 1 N–H and O–H groups in total. The predicted octanol–water partition coefficient (Wildman–Crippen LogP) is 4.42. The number of imide groups is 1. The Morgan fingerprint density at radius 1 is 1.06 bits per heavy atom. The van der Waals surface area contributed by atoms with Crippen LogP contribution in [0.15, 0.2) is 66.7 Å². The number of benzene rings is 3. The summed E-state index contributed by atoms with van der Waals surface area (Å²) in [5, 5.41) is 15.0.